The molecule has 0 atom stereocenters. The average Bonchev–Trinajstić information content (AvgIpc) is 2.84. The first-order valence-corrected chi connectivity index (χ1v) is 10.6. The molecule has 0 radical (unpaired) electrons. The predicted octanol–water partition coefficient (Wildman–Crippen LogP) is 7.96. The summed E-state index contributed by atoms with van der Waals surface area (Å²) in [5.74, 6) is 0. The number of benzene rings is 5. The maximum Gasteiger partial charge on any atom is -0.0178 e. The number of hydrogen-bond donors (Lipinski definition) is 0. The van der Waals surface area contributed by atoms with Crippen LogP contribution in [0.1, 0.15) is 11.1 Å². The van der Waals surface area contributed by atoms with Gasteiger partial charge in [0.1, 0.15) is 0 Å². The Bertz CT molecular complexity index is 1250. The number of hydrogen-bond acceptors (Lipinski definition) is 0. The molecule has 5 aromatic carbocycles. The molecule has 0 fully saturated rings. The summed E-state index contributed by atoms with van der Waals surface area (Å²) in [5, 5.41) is 2.58. The van der Waals surface area contributed by atoms with Gasteiger partial charge in [0, 0.05) is 0 Å². The molecule has 144 valence electrons. The van der Waals surface area contributed by atoms with Crippen LogP contribution in [0.2, 0.25) is 0 Å². The summed E-state index contributed by atoms with van der Waals surface area (Å²) in [6, 6.07) is 43.8. The fraction of sp³-hybridized carbons (Fsp3) is 0.0667. The van der Waals surface area contributed by atoms with Gasteiger partial charge in [-0.3, -0.25) is 0 Å². The molecule has 0 aliphatic heterocycles. The summed E-state index contributed by atoms with van der Waals surface area (Å²) in [7, 11) is 0. The zero-order chi connectivity index (χ0) is 20.2. The normalized spacial score (nSPS) is 10.9. The van der Waals surface area contributed by atoms with Gasteiger partial charge in [0.15, 0.2) is 0 Å². The summed E-state index contributed by atoms with van der Waals surface area (Å²) in [5.41, 5.74) is 7.86. The van der Waals surface area contributed by atoms with Crippen molar-refractivity contribution in [1.82, 2.24) is 0 Å². The molecular formula is C30H24. The van der Waals surface area contributed by atoms with Crippen LogP contribution in [-0.4, -0.2) is 0 Å². The lowest BCUT2D eigenvalue weighted by Crippen LogP contribution is -1.91. The first-order valence-electron chi connectivity index (χ1n) is 10.6. The standard InChI is InChI=1S/C30H24/c1-2-6-25(7-3-1)27-16-12-23(13-17-27)10-11-24-14-18-28(19-15-24)30-21-20-26-8-4-5-9-29(26)22-30/h1-9,12-22H,10-11H2. The number of rotatable bonds is 5. The van der Waals surface area contributed by atoms with Gasteiger partial charge < -0.3 is 0 Å². The van der Waals surface area contributed by atoms with Crippen molar-refractivity contribution < 1.29 is 0 Å². The van der Waals surface area contributed by atoms with Crippen LogP contribution in [0, 0.1) is 0 Å². The molecule has 0 N–H and O–H groups in total. The molecule has 5 aromatic rings. The zero-order valence-electron chi connectivity index (χ0n) is 17.0. The van der Waals surface area contributed by atoms with E-state index in [-0.39, 0.29) is 0 Å². The minimum atomic E-state index is 1.06. The lowest BCUT2D eigenvalue weighted by molar-refractivity contribution is 0.961. The van der Waals surface area contributed by atoms with Crippen LogP contribution >= 0.6 is 0 Å². The van der Waals surface area contributed by atoms with Gasteiger partial charge in [0.25, 0.3) is 0 Å². The van der Waals surface area contributed by atoms with Gasteiger partial charge in [0.05, 0.1) is 0 Å². The first kappa shape index (κ1) is 18.4. The van der Waals surface area contributed by atoms with E-state index in [1.54, 1.807) is 0 Å². The Kier molecular flexibility index (Phi) is 5.14. The molecule has 0 saturated carbocycles. The molecule has 0 nitrogen and oxygen atoms in total. The molecule has 0 heterocycles. The maximum atomic E-state index is 2.28. The van der Waals surface area contributed by atoms with E-state index in [2.05, 4.69) is 121 Å². The van der Waals surface area contributed by atoms with Crippen LogP contribution in [0.3, 0.4) is 0 Å². The van der Waals surface area contributed by atoms with Gasteiger partial charge in [-0.15, -0.1) is 0 Å². The van der Waals surface area contributed by atoms with Gasteiger partial charge in [0.2, 0.25) is 0 Å². The van der Waals surface area contributed by atoms with E-state index in [9.17, 15) is 0 Å². The second-order valence-electron chi connectivity index (χ2n) is 7.82. The lowest BCUT2D eigenvalue weighted by atomic mass is 9.98. The summed E-state index contributed by atoms with van der Waals surface area (Å²) in [6.45, 7) is 0. The summed E-state index contributed by atoms with van der Waals surface area (Å²) >= 11 is 0. The molecule has 0 aliphatic rings. The number of aryl methyl sites for hydroxylation is 2. The van der Waals surface area contributed by atoms with Gasteiger partial charge in [-0.05, 0) is 63.1 Å². The van der Waals surface area contributed by atoms with Crippen LogP contribution in [0.25, 0.3) is 33.0 Å². The minimum absolute atomic E-state index is 1.06. The van der Waals surface area contributed by atoms with E-state index in [0.29, 0.717) is 0 Å². The lowest BCUT2D eigenvalue weighted by Gasteiger charge is -2.07. The van der Waals surface area contributed by atoms with E-state index in [0.717, 1.165) is 12.8 Å². The average molecular weight is 385 g/mol. The summed E-state index contributed by atoms with van der Waals surface area (Å²) in [6.07, 6.45) is 2.12. The molecule has 0 heteroatoms. The Morgan fingerprint density at radius 2 is 0.800 bits per heavy atom. The molecule has 0 unspecified atom stereocenters. The first-order chi connectivity index (χ1) is 14.8. The molecular weight excluding hydrogens is 360 g/mol. The molecule has 30 heavy (non-hydrogen) atoms. The van der Waals surface area contributed by atoms with Crippen molar-refractivity contribution in [3.63, 3.8) is 0 Å². The molecule has 0 saturated heterocycles. The van der Waals surface area contributed by atoms with E-state index in [4.69, 9.17) is 0 Å². The van der Waals surface area contributed by atoms with Crippen molar-refractivity contribution in [2.45, 2.75) is 12.8 Å². The van der Waals surface area contributed by atoms with Gasteiger partial charge in [-0.1, -0.05) is 115 Å². The Hall–Kier alpha value is -3.64. The quantitative estimate of drug-likeness (QED) is 0.288. The molecule has 0 amide bonds. The molecule has 0 aliphatic carbocycles. The fourth-order valence-corrected chi connectivity index (χ4v) is 4.02. The van der Waals surface area contributed by atoms with Crippen LogP contribution < -0.4 is 0 Å². The number of fused-ring (bicyclic) bond motifs is 1. The van der Waals surface area contributed by atoms with E-state index >= 15 is 0 Å². The van der Waals surface area contributed by atoms with Crippen LogP contribution in [0.5, 0.6) is 0 Å². The Morgan fingerprint density at radius 1 is 0.333 bits per heavy atom. The summed E-state index contributed by atoms with van der Waals surface area (Å²) < 4.78 is 0. The third-order valence-corrected chi connectivity index (χ3v) is 5.80. The Labute approximate surface area is 178 Å². The molecule has 0 aromatic heterocycles. The van der Waals surface area contributed by atoms with Crippen LogP contribution in [-0.2, 0) is 12.8 Å². The van der Waals surface area contributed by atoms with Crippen molar-refractivity contribution in [3.05, 3.63) is 132 Å². The van der Waals surface area contributed by atoms with Gasteiger partial charge in [-0.25, -0.2) is 0 Å². The zero-order valence-corrected chi connectivity index (χ0v) is 17.0. The maximum absolute atomic E-state index is 2.28. The highest BCUT2D eigenvalue weighted by Crippen LogP contribution is 2.25. The van der Waals surface area contributed by atoms with Crippen molar-refractivity contribution in [1.29, 1.82) is 0 Å². The van der Waals surface area contributed by atoms with E-state index < -0.39 is 0 Å². The Balaban J connectivity index is 1.26. The van der Waals surface area contributed by atoms with E-state index in [1.165, 1.54) is 44.2 Å². The van der Waals surface area contributed by atoms with E-state index in [1.807, 2.05) is 0 Å². The van der Waals surface area contributed by atoms with Crippen molar-refractivity contribution in [2.24, 2.45) is 0 Å². The second-order valence-corrected chi connectivity index (χ2v) is 7.82. The largest absolute Gasteiger partial charge is 0.0622 e. The Morgan fingerprint density at radius 3 is 1.43 bits per heavy atom. The highest BCUT2D eigenvalue weighted by atomic mass is 14.1. The topological polar surface area (TPSA) is 0 Å². The van der Waals surface area contributed by atoms with Crippen molar-refractivity contribution >= 4 is 10.8 Å². The van der Waals surface area contributed by atoms with Gasteiger partial charge >= 0.3 is 0 Å². The van der Waals surface area contributed by atoms with Crippen LogP contribution in [0.15, 0.2) is 121 Å². The highest BCUT2D eigenvalue weighted by Gasteiger charge is 2.02. The molecule has 0 bridgehead atoms. The van der Waals surface area contributed by atoms with Gasteiger partial charge in [-0.2, -0.15) is 0 Å². The van der Waals surface area contributed by atoms with Crippen molar-refractivity contribution in [2.75, 3.05) is 0 Å². The monoisotopic (exact) mass is 384 g/mol. The molecule has 0 spiro atoms. The smallest absolute Gasteiger partial charge is 0.0178 e. The third kappa shape index (κ3) is 4.04. The second kappa shape index (κ2) is 8.39. The summed E-state index contributed by atoms with van der Waals surface area (Å²) in [4.78, 5) is 0. The highest BCUT2D eigenvalue weighted by molar-refractivity contribution is 5.87. The van der Waals surface area contributed by atoms with Crippen LogP contribution in [0.4, 0.5) is 0 Å². The van der Waals surface area contributed by atoms with Crippen molar-refractivity contribution in [3.8, 4) is 22.3 Å². The SMILES string of the molecule is c1ccc(-c2ccc(CCc3ccc(-c4ccc5ccccc5c4)cc3)cc2)cc1. The fourth-order valence-electron chi connectivity index (χ4n) is 4.02. The predicted molar refractivity (Wildman–Crippen MR) is 129 cm³/mol. The minimum Gasteiger partial charge on any atom is -0.0622 e. The third-order valence-electron chi connectivity index (χ3n) is 5.80. The molecule has 5 rings (SSSR count).